The lowest BCUT2D eigenvalue weighted by atomic mass is 10.0. The van der Waals surface area contributed by atoms with Crippen LogP contribution >= 0.6 is 48.0 Å². The second-order valence-corrected chi connectivity index (χ2v) is 6.70. The van der Waals surface area contributed by atoms with Crippen molar-refractivity contribution in [2.45, 2.75) is 102 Å². The van der Waals surface area contributed by atoms with Gasteiger partial charge in [-0.25, -0.2) is 0 Å². The van der Waals surface area contributed by atoms with Gasteiger partial charge in [-0.3, -0.25) is 0 Å². The molecule has 0 aromatic rings. The molecule has 0 aliphatic heterocycles. The van der Waals surface area contributed by atoms with Crippen molar-refractivity contribution in [3.05, 3.63) is 0 Å². The number of hydrogen-bond acceptors (Lipinski definition) is 0. The molecular formula is C16H34Cl4. The zero-order chi connectivity index (χ0) is 13.5. The van der Waals surface area contributed by atoms with Crippen LogP contribution in [-0.4, -0.2) is 4.84 Å². The number of halogens is 4. The zero-order valence-electron chi connectivity index (χ0n) is 13.0. The van der Waals surface area contributed by atoms with Gasteiger partial charge in [0, 0.05) is 0 Å². The minimum atomic E-state index is -0.155. The Morgan fingerprint density at radius 1 is 0.550 bits per heavy atom. The van der Waals surface area contributed by atoms with E-state index in [1.165, 1.54) is 83.5 Å². The lowest BCUT2D eigenvalue weighted by Gasteiger charge is -2.03. The maximum absolute atomic E-state index is 5.69. The summed E-state index contributed by atoms with van der Waals surface area (Å²) in [5.41, 5.74) is 0. The van der Waals surface area contributed by atoms with Crippen molar-refractivity contribution < 1.29 is 0 Å². The van der Waals surface area contributed by atoms with Gasteiger partial charge in [-0.2, -0.15) is 0 Å². The van der Waals surface area contributed by atoms with Crippen molar-refractivity contribution in [1.82, 2.24) is 0 Å². The van der Waals surface area contributed by atoms with Crippen molar-refractivity contribution in [2.24, 2.45) is 0 Å². The van der Waals surface area contributed by atoms with E-state index in [1.807, 2.05) is 0 Å². The van der Waals surface area contributed by atoms with Gasteiger partial charge >= 0.3 is 0 Å². The third-order valence-electron chi connectivity index (χ3n) is 3.53. The molecule has 0 radical (unpaired) electrons. The SMILES string of the molecule is CCCCCCCCCCCCCCCC(Cl)Cl.Cl.Cl. The summed E-state index contributed by atoms with van der Waals surface area (Å²) in [6, 6.07) is 0. The highest BCUT2D eigenvalue weighted by Crippen LogP contribution is 2.15. The maximum Gasteiger partial charge on any atom is 0.107 e. The lowest BCUT2D eigenvalue weighted by Crippen LogP contribution is -1.87. The van der Waals surface area contributed by atoms with Crippen LogP contribution in [0.1, 0.15) is 96.8 Å². The molecule has 0 spiro atoms. The third-order valence-corrected chi connectivity index (χ3v) is 3.96. The molecule has 0 amide bonds. The van der Waals surface area contributed by atoms with Gasteiger partial charge < -0.3 is 0 Å². The molecule has 0 fully saturated rings. The van der Waals surface area contributed by atoms with E-state index in [9.17, 15) is 0 Å². The fraction of sp³-hybridized carbons (Fsp3) is 1.00. The van der Waals surface area contributed by atoms with Gasteiger partial charge in [0.05, 0.1) is 0 Å². The Morgan fingerprint density at radius 3 is 1.15 bits per heavy atom. The van der Waals surface area contributed by atoms with E-state index in [0.29, 0.717) is 0 Å². The van der Waals surface area contributed by atoms with Gasteiger partial charge in [0.25, 0.3) is 0 Å². The van der Waals surface area contributed by atoms with Crippen LogP contribution in [0.5, 0.6) is 0 Å². The highest BCUT2D eigenvalue weighted by molar-refractivity contribution is 6.44. The fourth-order valence-corrected chi connectivity index (χ4v) is 2.63. The molecule has 0 nitrogen and oxygen atoms in total. The van der Waals surface area contributed by atoms with Crippen LogP contribution in [0, 0.1) is 0 Å². The molecule has 0 unspecified atom stereocenters. The molecule has 0 aliphatic carbocycles. The smallest absolute Gasteiger partial charge is 0.107 e. The molecule has 4 heteroatoms. The highest BCUT2D eigenvalue weighted by atomic mass is 35.5. The minimum Gasteiger partial charge on any atom is -0.147 e. The van der Waals surface area contributed by atoms with Crippen LogP contribution < -0.4 is 0 Å². The predicted molar refractivity (Wildman–Crippen MR) is 100 cm³/mol. The average molecular weight is 368 g/mol. The molecule has 0 saturated carbocycles. The Kier molecular flexibility index (Phi) is 29.3. The zero-order valence-corrected chi connectivity index (χ0v) is 16.2. The quantitative estimate of drug-likeness (QED) is 0.215. The largest absolute Gasteiger partial charge is 0.147 e. The van der Waals surface area contributed by atoms with Gasteiger partial charge in [-0.15, -0.1) is 48.0 Å². The predicted octanol–water partition coefficient (Wildman–Crippen LogP) is 8.12. The van der Waals surface area contributed by atoms with E-state index in [1.54, 1.807) is 0 Å². The number of unbranched alkanes of at least 4 members (excludes halogenated alkanes) is 12. The average Bonchev–Trinajstić information content (AvgIpc) is 2.34. The number of alkyl halides is 2. The summed E-state index contributed by atoms with van der Waals surface area (Å²) >= 11 is 11.4. The van der Waals surface area contributed by atoms with Crippen LogP contribution in [0.3, 0.4) is 0 Å². The molecule has 0 heterocycles. The van der Waals surface area contributed by atoms with Crippen molar-refractivity contribution in [1.29, 1.82) is 0 Å². The van der Waals surface area contributed by atoms with Crippen LogP contribution in [0.4, 0.5) is 0 Å². The molecule has 0 aromatic heterocycles. The Balaban J connectivity index is -0.00000144. The summed E-state index contributed by atoms with van der Waals surface area (Å²) in [4.78, 5) is -0.155. The van der Waals surface area contributed by atoms with Gasteiger partial charge in [0.1, 0.15) is 4.84 Å². The molecule has 0 saturated heterocycles. The summed E-state index contributed by atoms with van der Waals surface area (Å²) in [5, 5.41) is 0. The highest BCUT2D eigenvalue weighted by Gasteiger charge is 1.98. The monoisotopic (exact) mass is 366 g/mol. The number of hydrogen-bond donors (Lipinski definition) is 0. The first-order valence-corrected chi connectivity index (χ1v) is 8.92. The van der Waals surface area contributed by atoms with Crippen molar-refractivity contribution >= 4 is 48.0 Å². The Labute approximate surface area is 149 Å². The van der Waals surface area contributed by atoms with E-state index >= 15 is 0 Å². The van der Waals surface area contributed by atoms with E-state index in [-0.39, 0.29) is 29.7 Å². The molecule has 0 aliphatic rings. The third kappa shape index (κ3) is 24.2. The second-order valence-electron chi connectivity index (χ2n) is 5.42. The standard InChI is InChI=1S/C16H32Cl2.2ClH/c1-2-3-4-5-6-7-8-9-10-11-12-13-14-15-16(17)18;;/h16H,2-15H2,1H3;2*1H. The molecule has 0 atom stereocenters. The molecule has 0 bridgehead atoms. The fourth-order valence-electron chi connectivity index (χ4n) is 2.32. The van der Waals surface area contributed by atoms with Crippen LogP contribution in [0.25, 0.3) is 0 Å². The van der Waals surface area contributed by atoms with Crippen LogP contribution in [-0.2, 0) is 0 Å². The van der Waals surface area contributed by atoms with Crippen molar-refractivity contribution in [3.63, 3.8) is 0 Å². The minimum absolute atomic E-state index is 0. The molecule has 0 rings (SSSR count). The normalized spacial score (nSPS) is 10.2. The van der Waals surface area contributed by atoms with Gasteiger partial charge in [-0.1, -0.05) is 90.4 Å². The second kappa shape index (κ2) is 22.4. The summed E-state index contributed by atoms with van der Waals surface area (Å²) in [6.07, 6.45) is 19.1. The summed E-state index contributed by atoms with van der Waals surface area (Å²) < 4.78 is 0. The van der Waals surface area contributed by atoms with Gasteiger partial charge in [0.15, 0.2) is 0 Å². The Hall–Kier alpha value is 1.16. The topological polar surface area (TPSA) is 0 Å². The summed E-state index contributed by atoms with van der Waals surface area (Å²) in [7, 11) is 0. The Bertz CT molecular complexity index is 151. The number of rotatable bonds is 14. The van der Waals surface area contributed by atoms with Crippen molar-refractivity contribution in [2.75, 3.05) is 0 Å². The van der Waals surface area contributed by atoms with Gasteiger partial charge in [-0.05, 0) is 6.42 Å². The molecule has 0 aromatic carbocycles. The first kappa shape index (κ1) is 26.1. The summed E-state index contributed by atoms with van der Waals surface area (Å²) in [6.45, 7) is 2.28. The van der Waals surface area contributed by atoms with E-state index in [2.05, 4.69) is 6.92 Å². The van der Waals surface area contributed by atoms with Crippen LogP contribution in [0.2, 0.25) is 0 Å². The van der Waals surface area contributed by atoms with E-state index in [0.717, 1.165) is 6.42 Å². The Morgan fingerprint density at radius 2 is 0.850 bits per heavy atom. The molecular weight excluding hydrogens is 334 g/mol. The van der Waals surface area contributed by atoms with Gasteiger partial charge in [0.2, 0.25) is 0 Å². The first-order valence-electron chi connectivity index (χ1n) is 8.05. The maximum atomic E-state index is 5.69. The summed E-state index contributed by atoms with van der Waals surface area (Å²) in [5.74, 6) is 0. The van der Waals surface area contributed by atoms with Crippen molar-refractivity contribution in [3.8, 4) is 0 Å². The van der Waals surface area contributed by atoms with E-state index < -0.39 is 0 Å². The molecule has 20 heavy (non-hydrogen) atoms. The molecule has 0 N–H and O–H groups in total. The first-order chi connectivity index (χ1) is 8.77. The molecule has 126 valence electrons. The van der Waals surface area contributed by atoms with E-state index in [4.69, 9.17) is 23.2 Å². The lowest BCUT2D eigenvalue weighted by molar-refractivity contribution is 0.537. The van der Waals surface area contributed by atoms with Crippen LogP contribution in [0.15, 0.2) is 0 Å².